The fraction of sp³-hybridized carbons (Fsp3) is 0.615. The number of benzene rings is 1. The first-order valence-corrected chi connectivity index (χ1v) is 15.1. The van der Waals surface area contributed by atoms with Gasteiger partial charge < -0.3 is 20.6 Å². The quantitative estimate of drug-likeness (QED) is 0.458. The maximum atomic E-state index is 13.5. The van der Waals surface area contributed by atoms with E-state index in [1.807, 2.05) is 14.1 Å². The molecule has 0 aliphatic carbocycles. The van der Waals surface area contributed by atoms with Crippen LogP contribution in [0.4, 0.5) is 13.2 Å². The highest BCUT2D eigenvalue weighted by Crippen LogP contribution is 2.36. The second kappa shape index (κ2) is 11.8. The van der Waals surface area contributed by atoms with Crippen molar-refractivity contribution in [1.29, 1.82) is 0 Å². The Morgan fingerprint density at radius 2 is 1.98 bits per heavy atom. The number of β-amino-alcohol motifs (C(OH)–C–C–N with tert-alkyl or cyclic N) is 1. The zero-order chi connectivity index (χ0) is 29.4. The number of hydrogen-bond donors (Lipinski definition) is 2. The molecule has 1 saturated heterocycles. The minimum absolute atomic E-state index is 0.0230. The molecule has 2 atom stereocenters. The average Bonchev–Trinajstić information content (AvgIpc) is 3.19. The minimum atomic E-state index is -4.78. The Balaban J connectivity index is 1.65. The van der Waals surface area contributed by atoms with Crippen molar-refractivity contribution < 1.29 is 31.5 Å². The van der Waals surface area contributed by atoms with Gasteiger partial charge in [-0.1, -0.05) is 6.07 Å². The summed E-state index contributed by atoms with van der Waals surface area (Å²) in [5.74, 6) is -0.717. The summed E-state index contributed by atoms with van der Waals surface area (Å²) >= 11 is 0. The van der Waals surface area contributed by atoms with Gasteiger partial charge in [0.25, 0.3) is 0 Å². The number of aliphatic hydroxyl groups is 1. The van der Waals surface area contributed by atoms with E-state index in [0.717, 1.165) is 50.9 Å². The molecule has 0 spiro atoms. The summed E-state index contributed by atoms with van der Waals surface area (Å²) < 4.78 is 68.0. The van der Waals surface area contributed by atoms with Gasteiger partial charge in [-0.05, 0) is 51.5 Å². The van der Waals surface area contributed by atoms with Gasteiger partial charge in [0.1, 0.15) is 0 Å². The predicted molar refractivity (Wildman–Crippen MR) is 144 cm³/mol. The average molecular weight is 587 g/mol. The lowest BCUT2D eigenvalue weighted by molar-refractivity contribution is -0.137. The van der Waals surface area contributed by atoms with Crippen LogP contribution in [0, 0.1) is 5.92 Å². The van der Waals surface area contributed by atoms with Gasteiger partial charge in [0, 0.05) is 56.0 Å². The van der Waals surface area contributed by atoms with Crippen molar-refractivity contribution in [3.8, 4) is 11.3 Å². The third-order valence-electron chi connectivity index (χ3n) is 7.51. The monoisotopic (exact) mass is 586 g/mol. The smallest absolute Gasteiger partial charge is 0.390 e. The van der Waals surface area contributed by atoms with E-state index < -0.39 is 39.3 Å². The van der Waals surface area contributed by atoms with E-state index in [4.69, 9.17) is 5.73 Å². The summed E-state index contributed by atoms with van der Waals surface area (Å²) in [5, 5.41) is 15.7. The van der Waals surface area contributed by atoms with Gasteiger partial charge in [0.05, 0.1) is 35.7 Å². The number of piperidine rings is 1. The highest BCUT2D eigenvalue weighted by molar-refractivity contribution is 7.88. The Morgan fingerprint density at radius 3 is 2.60 bits per heavy atom. The highest BCUT2D eigenvalue weighted by atomic mass is 32.2. The lowest BCUT2D eigenvalue weighted by Gasteiger charge is -2.35. The molecule has 0 radical (unpaired) electrons. The molecule has 2 unspecified atom stereocenters. The van der Waals surface area contributed by atoms with Crippen molar-refractivity contribution in [2.24, 2.45) is 11.7 Å². The van der Waals surface area contributed by atoms with Crippen LogP contribution >= 0.6 is 0 Å². The Hall–Kier alpha value is -2.52. The highest BCUT2D eigenvalue weighted by Gasteiger charge is 2.36. The molecule has 40 heavy (non-hydrogen) atoms. The zero-order valence-corrected chi connectivity index (χ0v) is 23.8. The summed E-state index contributed by atoms with van der Waals surface area (Å²) in [5.41, 5.74) is 5.14. The molecule has 3 N–H and O–H groups in total. The molecular formula is C26H37F3N6O4S. The third kappa shape index (κ3) is 7.03. The number of fused-ring (bicyclic) bond motifs is 1. The molecule has 3 heterocycles. The second-order valence-electron chi connectivity index (χ2n) is 11.1. The Bertz CT molecular complexity index is 1340. The first kappa shape index (κ1) is 30.4. The van der Waals surface area contributed by atoms with Crippen LogP contribution in [0.15, 0.2) is 18.2 Å². The minimum Gasteiger partial charge on any atom is -0.390 e. The van der Waals surface area contributed by atoms with Crippen molar-refractivity contribution in [3.05, 3.63) is 40.6 Å². The molecule has 14 heteroatoms. The lowest BCUT2D eigenvalue weighted by atomic mass is 9.97. The number of aliphatic hydroxyl groups excluding tert-OH is 1. The summed E-state index contributed by atoms with van der Waals surface area (Å²) in [7, 11) is 0.535. The van der Waals surface area contributed by atoms with Crippen LogP contribution < -0.4 is 5.73 Å². The van der Waals surface area contributed by atoms with Crippen molar-refractivity contribution in [2.75, 3.05) is 53.1 Å². The summed E-state index contributed by atoms with van der Waals surface area (Å²) in [4.78, 5) is 16.3. The Morgan fingerprint density at radius 1 is 1.25 bits per heavy atom. The molecule has 2 aliphatic heterocycles. The van der Waals surface area contributed by atoms with Crippen molar-refractivity contribution in [3.63, 3.8) is 0 Å². The summed E-state index contributed by atoms with van der Waals surface area (Å²) in [6, 6.07) is 3.04. The second-order valence-corrected chi connectivity index (χ2v) is 13.1. The molecule has 1 aromatic heterocycles. The van der Waals surface area contributed by atoms with Crippen LogP contribution in [0.5, 0.6) is 0 Å². The number of nitrogens with zero attached hydrogens (tertiary/aromatic N) is 5. The number of halogens is 3. The van der Waals surface area contributed by atoms with E-state index in [0.29, 0.717) is 30.1 Å². The molecule has 0 bridgehead atoms. The Labute approximate surface area is 232 Å². The fourth-order valence-electron chi connectivity index (χ4n) is 5.81. The molecule has 2 aromatic rings. The van der Waals surface area contributed by atoms with Crippen molar-refractivity contribution in [1.82, 2.24) is 23.9 Å². The number of likely N-dealkylation sites (tertiary alicyclic amines) is 1. The number of nitrogens with two attached hydrogens (primary N) is 1. The maximum absolute atomic E-state index is 13.5. The summed E-state index contributed by atoms with van der Waals surface area (Å²) in [6.45, 7) is 3.50. The number of primary amides is 1. The molecule has 4 rings (SSSR count). The summed E-state index contributed by atoms with van der Waals surface area (Å²) in [6.07, 6.45) is -1.95. The van der Waals surface area contributed by atoms with Gasteiger partial charge >= 0.3 is 6.18 Å². The van der Waals surface area contributed by atoms with Gasteiger partial charge in [-0.15, -0.1) is 0 Å². The van der Waals surface area contributed by atoms with E-state index in [-0.39, 0.29) is 30.9 Å². The van der Waals surface area contributed by atoms with Crippen LogP contribution in [-0.2, 0) is 35.7 Å². The van der Waals surface area contributed by atoms with E-state index in [9.17, 15) is 31.5 Å². The molecule has 1 fully saturated rings. The van der Waals surface area contributed by atoms with E-state index in [2.05, 4.69) is 14.9 Å². The lowest BCUT2D eigenvalue weighted by Crippen LogP contribution is -2.43. The first-order valence-electron chi connectivity index (χ1n) is 13.2. The number of carbonyl (C=O) groups excluding carboxylic acids is 1. The molecule has 222 valence electrons. The van der Waals surface area contributed by atoms with Gasteiger partial charge in [0.2, 0.25) is 15.9 Å². The molecule has 1 amide bonds. The standard InChI is InChI=1S/C26H37F3N6O4S/c1-32(2)12-17-5-4-9-33(13-17)14-19(36)15-35-23-8-10-34(40(3,38)39)16-21(23)24(31-35)18-6-7-22(26(27,28)29)20(11-18)25(30)37/h6-7,11,17,19,36H,4-5,8-10,12-16H2,1-3H3,(H2,30,37). The molecule has 1 aromatic carbocycles. The van der Waals surface area contributed by atoms with Gasteiger partial charge in [0.15, 0.2) is 0 Å². The first-order chi connectivity index (χ1) is 18.6. The molecule has 10 nitrogen and oxygen atoms in total. The van der Waals surface area contributed by atoms with Gasteiger partial charge in [-0.2, -0.15) is 22.6 Å². The van der Waals surface area contributed by atoms with E-state index in [1.165, 1.54) is 10.4 Å². The largest absolute Gasteiger partial charge is 0.417 e. The number of amides is 1. The van der Waals surface area contributed by atoms with Crippen molar-refractivity contribution in [2.45, 2.75) is 44.6 Å². The fourth-order valence-corrected chi connectivity index (χ4v) is 6.60. The maximum Gasteiger partial charge on any atom is 0.417 e. The SMILES string of the molecule is CN(C)CC1CCCN(CC(O)Cn2nc(-c3ccc(C(F)(F)F)c(C(N)=O)c3)c3c2CCN(S(C)(=O)=O)C3)C1. The van der Waals surface area contributed by atoms with Crippen LogP contribution in [0.3, 0.4) is 0 Å². The van der Waals surface area contributed by atoms with E-state index in [1.54, 1.807) is 4.68 Å². The predicted octanol–water partition coefficient (Wildman–Crippen LogP) is 1.62. The van der Waals surface area contributed by atoms with Crippen LogP contribution in [-0.4, -0.2) is 102 Å². The number of alkyl halides is 3. The van der Waals surface area contributed by atoms with Crippen molar-refractivity contribution >= 4 is 15.9 Å². The van der Waals surface area contributed by atoms with Crippen LogP contribution in [0.25, 0.3) is 11.3 Å². The topological polar surface area (TPSA) is 125 Å². The number of sulfonamides is 1. The third-order valence-corrected chi connectivity index (χ3v) is 8.76. The molecule has 2 aliphatic rings. The van der Waals surface area contributed by atoms with Crippen LogP contribution in [0.2, 0.25) is 0 Å². The zero-order valence-electron chi connectivity index (χ0n) is 23.0. The van der Waals surface area contributed by atoms with E-state index >= 15 is 0 Å². The molecular weight excluding hydrogens is 549 g/mol. The normalized spacial score (nSPS) is 20.1. The molecule has 0 saturated carbocycles. The van der Waals surface area contributed by atoms with Gasteiger partial charge in [-0.25, -0.2) is 8.42 Å². The number of rotatable bonds is 9. The Kier molecular flexibility index (Phi) is 8.95. The van der Waals surface area contributed by atoms with Crippen LogP contribution in [0.1, 0.15) is 40.0 Å². The van der Waals surface area contributed by atoms with Gasteiger partial charge in [-0.3, -0.25) is 9.48 Å². The number of carbonyl (C=O) groups is 1. The number of hydrogen-bond acceptors (Lipinski definition) is 7. The number of aromatic nitrogens is 2.